The SMILES string of the molecule is O=[N+]([O-])c1ccc(OCC2COCO2)c([N+](=O)[O-])c1. The molecule has 0 aromatic heterocycles. The number of nitro benzene ring substituents is 2. The van der Waals surface area contributed by atoms with Crippen molar-refractivity contribution in [2.45, 2.75) is 6.10 Å². The fraction of sp³-hybridized carbons (Fsp3) is 0.400. The van der Waals surface area contributed by atoms with Crippen LogP contribution in [0.3, 0.4) is 0 Å². The van der Waals surface area contributed by atoms with Gasteiger partial charge in [0.05, 0.1) is 22.5 Å². The highest BCUT2D eigenvalue weighted by Crippen LogP contribution is 2.31. The van der Waals surface area contributed by atoms with Crippen molar-refractivity contribution in [3.8, 4) is 5.75 Å². The van der Waals surface area contributed by atoms with E-state index in [4.69, 9.17) is 14.2 Å². The fourth-order valence-electron chi connectivity index (χ4n) is 1.54. The third kappa shape index (κ3) is 3.14. The van der Waals surface area contributed by atoms with Crippen LogP contribution in [0.1, 0.15) is 0 Å². The van der Waals surface area contributed by atoms with Crippen LogP contribution in [0, 0.1) is 20.2 Å². The lowest BCUT2D eigenvalue weighted by Crippen LogP contribution is -2.20. The average molecular weight is 270 g/mol. The van der Waals surface area contributed by atoms with Crippen LogP contribution in [-0.2, 0) is 9.47 Å². The van der Waals surface area contributed by atoms with Crippen LogP contribution in [0.4, 0.5) is 11.4 Å². The van der Waals surface area contributed by atoms with Crippen molar-refractivity contribution in [3.63, 3.8) is 0 Å². The molecule has 102 valence electrons. The molecule has 0 saturated carbocycles. The Kier molecular flexibility index (Phi) is 3.88. The van der Waals surface area contributed by atoms with E-state index in [1.165, 1.54) is 6.07 Å². The summed E-state index contributed by atoms with van der Waals surface area (Å²) in [5, 5.41) is 21.4. The first-order valence-electron chi connectivity index (χ1n) is 5.33. The molecule has 1 aromatic carbocycles. The minimum absolute atomic E-state index is 0.0360. The molecule has 9 nitrogen and oxygen atoms in total. The molecule has 0 spiro atoms. The lowest BCUT2D eigenvalue weighted by molar-refractivity contribution is -0.394. The number of ether oxygens (including phenoxy) is 3. The van der Waals surface area contributed by atoms with Gasteiger partial charge in [-0.05, 0) is 6.07 Å². The van der Waals surface area contributed by atoms with Crippen LogP contribution < -0.4 is 4.74 Å². The van der Waals surface area contributed by atoms with Crippen molar-refractivity contribution in [2.24, 2.45) is 0 Å². The van der Waals surface area contributed by atoms with Gasteiger partial charge < -0.3 is 14.2 Å². The minimum Gasteiger partial charge on any atom is -0.484 e. The molecule has 0 bridgehead atoms. The number of non-ortho nitro benzene ring substituents is 1. The summed E-state index contributed by atoms with van der Waals surface area (Å²) < 4.78 is 15.3. The predicted molar refractivity (Wildman–Crippen MR) is 60.9 cm³/mol. The molecule has 1 saturated heterocycles. The van der Waals surface area contributed by atoms with Gasteiger partial charge in [0.25, 0.3) is 5.69 Å². The summed E-state index contributed by atoms with van der Waals surface area (Å²) in [5.74, 6) is -0.0360. The molecule has 1 fully saturated rings. The maximum Gasteiger partial charge on any atom is 0.317 e. The van der Waals surface area contributed by atoms with Crippen LogP contribution in [0.15, 0.2) is 18.2 Å². The highest BCUT2D eigenvalue weighted by atomic mass is 16.7. The molecule has 2 rings (SSSR count). The molecule has 0 N–H and O–H groups in total. The Morgan fingerprint density at radius 3 is 2.68 bits per heavy atom. The summed E-state index contributed by atoms with van der Waals surface area (Å²) in [5.41, 5.74) is -0.812. The van der Waals surface area contributed by atoms with Gasteiger partial charge >= 0.3 is 5.69 Å². The van der Waals surface area contributed by atoms with Crippen LogP contribution in [0.25, 0.3) is 0 Å². The first kappa shape index (κ1) is 13.2. The van der Waals surface area contributed by atoms with E-state index in [2.05, 4.69) is 0 Å². The minimum atomic E-state index is -0.728. The first-order valence-corrected chi connectivity index (χ1v) is 5.33. The zero-order valence-electron chi connectivity index (χ0n) is 9.68. The van der Waals surface area contributed by atoms with Gasteiger partial charge in [0.1, 0.15) is 19.5 Å². The Labute approximate surface area is 107 Å². The van der Waals surface area contributed by atoms with Gasteiger partial charge in [-0.15, -0.1) is 0 Å². The Balaban J connectivity index is 2.14. The second-order valence-corrected chi connectivity index (χ2v) is 3.75. The van der Waals surface area contributed by atoms with Gasteiger partial charge in [-0.2, -0.15) is 0 Å². The maximum atomic E-state index is 10.8. The highest BCUT2D eigenvalue weighted by Gasteiger charge is 2.23. The van der Waals surface area contributed by atoms with Crippen LogP contribution in [-0.4, -0.2) is 36.0 Å². The summed E-state index contributed by atoms with van der Waals surface area (Å²) in [7, 11) is 0. The van der Waals surface area contributed by atoms with Gasteiger partial charge in [0.2, 0.25) is 0 Å². The standard InChI is InChI=1S/C10H10N2O7/c13-11(14)7-1-2-10(9(3-7)12(15)16)18-5-8-4-17-6-19-8/h1-3,8H,4-6H2. The van der Waals surface area contributed by atoms with Crippen LogP contribution >= 0.6 is 0 Å². The van der Waals surface area contributed by atoms with Crippen molar-refractivity contribution >= 4 is 11.4 Å². The Morgan fingerprint density at radius 2 is 2.11 bits per heavy atom. The van der Waals surface area contributed by atoms with Crippen molar-refractivity contribution < 1.29 is 24.1 Å². The third-order valence-electron chi connectivity index (χ3n) is 2.47. The maximum absolute atomic E-state index is 10.8. The van der Waals surface area contributed by atoms with E-state index in [1.807, 2.05) is 0 Å². The van der Waals surface area contributed by atoms with Crippen molar-refractivity contribution in [3.05, 3.63) is 38.4 Å². The monoisotopic (exact) mass is 270 g/mol. The average Bonchev–Trinajstić information content (AvgIpc) is 2.89. The smallest absolute Gasteiger partial charge is 0.317 e. The first-order chi connectivity index (χ1) is 9.08. The molecule has 1 aromatic rings. The lowest BCUT2D eigenvalue weighted by atomic mass is 10.2. The molecule has 9 heteroatoms. The molecule has 1 heterocycles. The second-order valence-electron chi connectivity index (χ2n) is 3.75. The number of nitro groups is 2. The van der Waals surface area contributed by atoms with E-state index < -0.39 is 15.5 Å². The number of benzene rings is 1. The third-order valence-corrected chi connectivity index (χ3v) is 2.47. The van der Waals surface area contributed by atoms with Crippen LogP contribution in [0.2, 0.25) is 0 Å². The summed E-state index contributed by atoms with van der Waals surface area (Å²) in [6.07, 6.45) is -0.296. The molecule has 0 amide bonds. The molecule has 1 unspecified atom stereocenters. The Morgan fingerprint density at radius 1 is 1.32 bits per heavy atom. The van der Waals surface area contributed by atoms with E-state index in [0.29, 0.717) is 6.61 Å². The predicted octanol–water partition coefficient (Wildman–Crippen LogP) is 1.25. The molecule has 1 aliphatic rings. The molecular weight excluding hydrogens is 260 g/mol. The second kappa shape index (κ2) is 5.59. The van der Waals surface area contributed by atoms with Crippen molar-refractivity contribution in [2.75, 3.05) is 20.0 Å². The largest absolute Gasteiger partial charge is 0.484 e. The van der Waals surface area contributed by atoms with E-state index >= 15 is 0 Å². The normalized spacial score (nSPS) is 18.2. The summed E-state index contributed by atoms with van der Waals surface area (Å²) in [6, 6.07) is 3.21. The van der Waals surface area contributed by atoms with Gasteiger partial charge in [0, 0.05) is 6.07 Å². The van der Waals surface area contributed by atoms with Crippen LogP contribution in [0.5, 0.6) is 5.75 Å². The molecule has 19 heavy (non-hydrogen) atoms. The lowest BCUT2D eigenvalue weighted by Gasteiger charge is -2.09. The van der Waals surface area contributed by atoms with E-state index in [9.17, 15) is 20.2 Å². The van der Waals surface area contributed by atoms with E-state index in [0.717, 1.165) is 12.1 Å². The van der Waals surface area contributed by atoms with Crippen molar-refractivity contribution in [1.82, 2.24) is 0 Å². The Hall–Kier alpha value is -2.26. The van der Waals surface area contributed by atoms with Crippen molar-refractivity contribution in [1.29, 1.82) is 0 Å². The summed E-state index contributed by atoms with van der Waals surface area (Å²) >= 11 is 0. The zero-order chi connectivity index (χ0) is 13.8. The summed E-state index contributed by atoms with van der Waals surface area (Å²) in [4.78, 5) is 20.0. The van der Waals surface area contributed by atoms with Gasteiger partial charge in [0.15, 0.2) is 5.75 Å². The molecule has 1 aliphatic heterocycles. The van der Waals surface area contributed by atoms with Gasteiger partial charge in [-0.3, -0.25) is 20.2 Å². The van der Waals surface area contributed by atoms with E-state index in [-0.39, 0.29) is 30.9 Å². The summed E-state index contributed by atoms with van der Waals surface area (Å²) in [6.45, 7) is 0.593. The quantitative estimate of drug-likeness (QED) is 0.584. The molecule has 0 aliphatic carbocycles. The highest BCUT2D eigenvalue weighted by molar-refractivity contribution is 5.53. The Bertz CT molecular complexity index is 499. The number of rotatable bonds is 5. The topological polar surface area (TPSA) is 114 Å². The van der Waals surface area contributed by atoms with Gasteiger partial charge in [-0.25, -0.2) is 0 Å². The number of hydrogen-bond donors (Lipinski definition) is 0. The number of hydrogen-bond acceptors (Lipinski definition) is 7. The molecule has 0 radical (unpaired) electrons. The van der Waals surface area contributed by atoms with E-state index in [1.54, 1.807) is 0 Å². The molecule has 1 atom stereocenters. The number of nitrogens with zero attached hydrogens (tertiary/aromatic N) is 2. The zero-order valence-corrected chi connectivity index (χ0v) is 9.68. The van der Waals surface area contributed by atoms with Gasteiger partial charge in [-0.1, -0.05) is 0 Å². The molecular formula is C10H10N2O7. The fourth-order valence-corrected chi connectivity index (χ4v) is 1.54.